The topological polar surface area (TPSA) is 99.3 Å². The van der Waals surface area contributed by atoms with E-state index in [1.165, 1.54) is 24.3 Å². The van der Waals surface area contributed by atoms with Gasteiger partial charge in [-0.15, -0.1) is 0 Å². The lowest BCUT2D eigenvalue weighted by molar-refractivity contribution is -0.384. The molecule has 0 saturated heterocycles. The van der Waals surface area contributed by atoms with E-state index in [0.717, 1.165) is 11.4 Å². The summed E-state index contributed by atoms with van der Waals surface area (Å²) in [6.07, 6.45) is 0. The van der Waals surface area contributed by atoms with Crippen molar-refractivity contribution in [3.63, 3.8) is 0 Å². The number of aryl methyl sites for hydroxylation is 2. The van der Waals surface area contributed by atoms with Gasteiger partial charge >= 0.3 is 0 Å². The molecular weight excluding hydrogens is 288 g/mol. The molecule has 0 aliphatic rings. The summed E-state index contributed by atoms with van der Waals surface area (Å²) >= 11 is 0. The first-order chi connectivity index (χ1) is 10.4. The lowest BCUT2D eigenvalue weighted by Gasteiger charge is -2.07. The van der Waals surface area contributed by atoms with Gasteiger partial charge in [0.25, 0.3) is 11.6 Å². The van der Waals surface area contributed by atoms with Crippen LogP contribution in [0.2, 0.25) is 0 Å². The number of rotatable bonds is 5. The summed E-state index contributed by atoms with van der Waals surface area (Å²) in [6.45, 7) is 3.47. The molecule has 2 rings (SSSR count). The predicted octanol–water partition coefficient (Wildman–Crippen LogP) is 1.96. The van der Waals surface area contributed by atoms with E-state index in [0.29, 0.717) is 11.4 Å². The minimum atomic E-state index is -0.496. The normalized spacial score (nSPS) is 10.3. The van der Waals surface area contributed by atoms with Crippen LogP contribution in [0.25, 0.3) is 0 Å². The second-order valence-electron chi connectivity index (χ2n) is 4.76. The van der Waals surface area contributed by atoms with Crippen LogP contribution in [0.1, 0.15) is 11.4 Å². The number of hydrogen-bond acceptors (Lipinski definition) is 5. The Morgan fingerprint density at radius 2 is 2.00 bits per heavy atom. The molecule has 0 aliphatic carbocycles. The van der Waals surface area contributed by atoms with Crippen LogP contribution in [0.4, 0.5) is 11.4 Å². The average molecular weight is 304 g/mol. The van der Waals surface area contributed by atoms with Crippen LogP contribution >= 0.6 is 0 Å². The fourth-order valence-electron chi connectivity index (χ4n) is 1.94. The Morgan fingerprint density at radius 3 is 2.50 bits per heavy atom. The molecule has 0 spiro atoms. The molecule has 0 atom stereocenters. The standard InChI is InChI=1S/C14H16N4O4/c1-9-14(10(2)17(3)16-9)15-13(19)8-22-12-6-4-11(5-7-12)18(20)21/h4-7H,8H2,1-3H3,(H,15,19). The van der Waals surface area contributed by atoms with Crippen molar-refractivity contribution >= 4 is 17.3 Å². The molecule has 1 aromatic heterocycles. The number of hydrogen-bond donors (Lipinski definition) is 1. The number of nitro benzene ring substituents is 1. The number of nitrogens with zero attached hydrogens (tertiary/aromatic N) is 3. The molecule has 8 nitrogen and oxygen atoms in total. The highest BCUT2D eigenvalue weighted by atomic mass is 16.6. The van der Waals surface area contributed by atoms with Crippen LogP contribution in [0, 0.1) is 24.0 Å². The van der Waals surface area contributed by atoms with Gasteiger partial charge in [-0.3, -0.25) is 19.6 Å². The fourth-order valence-corrected chi connectivity index (χ4v) is 1.94. The molecule has 0 aliphatic heterocycles. The number of carbonyl (C=O) groups excluding carboxylic acids is 1. The number of carbonyl (C=O) groups is 1. The highest BCUT2D eigenvalue weighted by Gasteiger charge is 2.13. The van der Waals surface area contributed by atoms with Gasteiger partial charge in [-0.1, -0.05) is 0 Å². The number of ether oxygens (including phenoxy) is 1. The monoisotopic (exact) mass is 304 g/mol. The minimum absolute atomic E-state index is 0.0292. The number of amides is 1. The summed E-state index contributed by atoms with van der Waals surface area (Å²) in [4.78, 5) is 21.9. The second-order valence-corrected chi connectivity index (χ2v) is 4.76. The molecule has 116 valence electrons. The number of nitro groups is 1. The van der Waals surface area contributed by atoms with Crippen LogP contribution < -0.4 is 10.1 Å². The van der Waals surface area contributed by atoms with Crippen LogP contribution in [0.3, 0.4) is 0 Å². The maximum Gasteiger partial charge on any atom is 0.269 e. The van der Waals surface area contributed by atoms with Gasteiger partial charge < -0.3 is 10.1 Å². The van der Waals surface area contributed by atoms with Crippen LogP contribution in [-0.4, -0.2) is 27.2 Å². The number of nitrogens with one attached hydrogen (secondary N) is 1. The summed E-state index contributed by atoms with van der Waals surface area (Å²) in [5.41, 5.74) is 2.21. The van der Waals surface area contributed by atoms with Crippen molar-refractivity contribution in [2.45, 2.75) is 13.8 Å². The van der Waals surface area contributed by atoms with Crippen molar-refractivity contribution in [2.75, 3.05) is 11.9 Å². The second kappa shape index (κ2) is 6.25. The molecule has 1 amide bonds. The Hall–Kier alpha value is -2.90. The van der Waals surface area contributed by atoms with Gasteiger partial charge in [0, 0.05) is 19.2 Å². The molecule has 0 radical (unpaired) electrons. The first-order valence-corrected chi connectivity index (χ1v) is 6.56. The molecule has 0 bridgehead atoms. The molecule has 0 saturated carbocycles. The smallest absolute Gasteiger partial charge is 0.269 e. The summed E-state index contributed by atoms with van der Waals surface area (Å²) in [5.74, 6) is 0.0675. The number of benzene rings is 1. The third kappa shape index (κ3) is 3.40. The SMILES string of the molecule is Cc1nn(C)c(C)c1NC(=O)COc1ccc([N+](=O)[O-])cc1. The van der Waals surface area contributed by atoms with E-state index in [9.17, 15) is 14.9 Å². The predicted molar refractivity (Wildman–Crippen MR) is 79.9 cm³/mol. The fraction of sp³-hybridized carbons (Fsp3) is 0.286. The zero-order valence-electron chi connectivity index (χ0n) is 12.5. The molecule has 1 N–H and O–H groups in total. The van der Waals surface area contributed by atoms with Crippen LogP contribution in [-0.2, 0) is 11.8 Å². The molecule has 22 heavy (non-hydrogen) atoms. The van der Waals surface area contributed by atoms with E-state index in [-0.39, 0.29) is 18.2 Å². The van der Waals surface area contributed by atoms with Crippen LogP contribution in [0.5, 0.6) is 5.75 Å². The van der Waals surface area contributed by atoms with Crippen molar-refractivity contribution in [1.29, 1.82) is 0 Å². The number of aromatic nitrogens is 2. The average Bonchev–Trinajstić information content (AvgIpc) is 2.72. The van der Waals surface area contributed by atoms with Gasteiger partial charge in [0.2, 0.25) is 0 Å². The molecule has 1 aromatic carbocycles. The lowest BCUT2D eigenvalue weighted by atomic mass is 10.3. The van der Waals surface area contributed by atoms with Gasteiger partial charge in [0.15, 0.2) is 6.61 Å². The first kappa shape index (κ1) is 15.5. The van der Waals surface area contributed by atoms with Crippen LogP contribution in [0.15, 0.2) is 24.3 Å². The summed E-state index contributed by atoms with van der Waals surface area (Å²) in [6, 6.07) is 5.54. The van der Waals surface area contributed by atoms with Gasteiger partial charge in [0.1, 0.15) is 5.75 Å². The third-order valence-corrected chi connectivity index (χ3v) is 3.19. The van der Waals surface area contributed by atoms with E-state index in [4.69, 9.17) is 4.74 Å². The first-order valence-electron chi connectivity index (χ1n) is 6.56. The van der Waals surface area contributed by atoms with E-state index >= 15 is 0 Å². The number of anilines is 1. The summed E-state index contributed by atoms with van der Waals surface area (Å²) < 4.78 is 6.98. The molecule has 1 heterocycles. The Kier molecular flexibility index (Phi) is 4.40. The van der Waals surface area contributed by atoms with Crippen molar-refractivity contribution in [1.82, 2.24) is 9.78 Å². The van der Waals surface area contributed by atoms with Crippen molar-refractivity contribution < 1.29 is 14.5 Å². The summed E-state index contributed by atoms with van der Waals surface area (Å²) in [5, 5.41) is 17.5. The summed E-state index contributed by atoms with van der Waals surface area (Å²) in [7, 11) is 1.80. The van der Waals surface area contributed by atoms with Crippen molar-refractivity contribution in [3.8, 4) is 5.75 Å². The van der Waals surface area contributed by atoms with E-state index < -0.39 is 4.92 Å². The Morgan fingerprint density at radius 1 is 1.36 bits per heavy atom. The Balaban J connectivity index is 1.94. The largest absolute Gasteiger partial charge is 0.484 e. The molecule has 0 unspecified atom stereocenters. The zero-order chi connectivity index (χ0) is 16.3. The number of non-ortho nitro benzene ring substituents is 1. The van der Waals surface area contributed by atoms with Gasteiger partial charge in [-0.25, -0.2) is 0 Å². The van der Waals surface area contributed by atoms with Crippen molar-refractivity contribution in [2.24, 2.45) is 7.05 Å². The van der Waals surface area contributed by atoms with Gasteiger partial charge in [0.05, 0.1) is 22.0 Å². The maximum absolute atomic E-state index is 11.9. The van der Waals surface area contributed by atoms with Crippen molar-refractivity contribution in [3.05, 3.63) is 45.8 Å². The zero-order valence-corrected chi connectivity index (χ0v) is 12.5. The van der Waals surface area contributed by atoms with E-state index in [1.54, 1.807) is 18.7 Å². The highest BCUT2D eigenvalue weighted by Crippen LogP contribution is 2.19. The third-order valence-electron chi connectivity index (χ3n) is 3.19. The molecule has 0 fully saturated rings. The Labute approximate surface area is 126 Å². The molecular formula is C14H16N4O4. The quantitative estimate of drug-likeness (QED) is 0.672. The Bertz CT molecular complexity index is 706. The lowest BCUT2D eigenvalue weighted by Crippen LogP contribution is -2.20. The van der Waals surface area contributed by atoms with E-state index in [1.807, 2.05) is 6.92 Å². The molecule has 2 aromatic rings. The van der Waals surface area contributed by atoms with E-state index in [2.05, 4.69) is 10.4 Å². The van der Waals surface area contributed by atoms with Gasteiger partial charge in [-0.2, -0.15) is 5.10 Å². The maximum atomic E-state index is 11.9. The highest BCUT2D eigenvalue weighted by molar-refractivity contribution is 5.93. The molecule has 8 heteroatoms. The van der Waals surface area contributed by atoms with Gasteiger partial charge in [-0.05, 0) is 26.0 Å². The minimum Gasteiger partial charge on any atom is -0.484 e.